The van der Waals surface area contributed by atoms with Crippen LogP contribution in [0, 0.1) is 18.7 Å². The average molecular weight is 303 g/mol. The number of nitrogens with zero attached hydrogens (tertiary/aromatic N) is 1. The number of benzene rings is 1. The molecule has 0 spiro atoms. The Balaban J connectivity index is 1.73. The van der Waals surface area contributed by atoms with Crippen LogP contribution in [-0.2, 0) is 6.54 Å². The maximum atomic E-state index is 13.6. The van der Waals surface area contributed by atoms with E-state index in [0.29, 0.717) is 30.3 Å². The third-order valence-corrected chi connectivity index (χ3v) is 4.58. The Hall–Kier alpha value is -1.65. The lowest BCUT2D eigenvalue weighted by Gasteiger charge is -2.13. The fourth-order valence-electron chi connectivity index (χ4n) is 3.17. The lowest BCUT2D eigenvalue weighted by molar-refractivity contribution is 0.139. The summed E-state index contributed by atoms with van der Waals surface area (Å²) in [4.78, 5) is 2.21. The molecule has 118 valence electrons. The number of halogens is 1. The first-order valence-electron chi connectivity index (χ1n) is 7.83. The summed E-state index contributed by atoms with van der Waals surface area (Å²) < 4.78 is 19.5. The summed E-state index contributed by atoms with van der Waals surface area (Å²) in [6, 6.07) is 8.85. The molecule has 0 bridgehead atoms. The number of rotatable bonds is 4. The molecule has 0 radical (unpaired) electrons. The van der Waals surface area contributed by atoms with Gasteiger partial charge in [0.1, 0.15) is 17.3 Å². The molecule has 1 aliphatic heterocycles. The van der Waals surface area contributed by atoms with E-state index in [0.717, 1.165) is 24.3 Å². The molecule has 22 heavy (non-hydrogen) atoms. The van der Waals surface area contributed by atoms with Crippen molar-refractivity contribution < 1.29 is 13.9 Å². The monoisotopic (exact) mass is 303 g/mol. The van der Waals surface area contributed by atoms with Gasteiger partial charge < -0.3 is 9.52 Å². The maximum Gasteiger partial charge on any atom is 0.134 e. The fraction of sp³-hybridized carbons (Fsp3) is 0.444. The van der Waals surface area contributed by atoms with Gasteiger partial charge in [-0.1, -0.05) is 19.1 Å². The van der Waals surface area contributed by atoms with E-state index in [1.807, 2.05) is 18.2 Å². The van der Waals surface area contributed by atoms with Crippen molar-refractivity contribution in [1.82, 2.24) is 4.90 Å². The van der Waals surface area contributed by atoms with Gasteiger partial charge in [-0.25, -0.2) is 4.39 Å². The van der Waals surface area contributed by atoms with Crippen LogP contribution in [0.4, 0.5) is 4.39 Å². The zero-order valence-electron chi connectivity index (χ0n) is 13.1. The van der Waals surface area contributed by atoms with Crippen molar-refractivity contribution in [3.8, 4) is 11.3 Å². The molecule has 1 N–H and O–H groups in total. The van der Waals surface area contributed by atoms with E-state index in [-0.39, 0.29) is 11.9 Å². The van der Waals surface area contributed by atoms with Crippen LogP contribution >= 0.6 is 0 Å². The van der Waals surface area contributed by atoms with E-state index in [9.17, 15) is 9.50 Å². The highest BCUT2D eigenvalue weighted by Gasteiger charge is 2.30. The molecular weight excluding hydrogens is 281 g/mol. The van der Waals surface area contributed by atoms with Crippen LogP contribution in [0.2, 0.25) is 0 Å². The summed E-state index contributed by atoms with van der Waals surface area (Å²) in [6.45, 7) is 6.13. The zero-order chi connectivity index (χ0) is 15.7. The van der Waals surface area contributed by atoms with Crippen molar-refractivity contribution in [3.63, 3.8) is 0 Å². The van der Waals surface area contributed by atoms with Crippen molar-refractivity contribution in [2.24, 2.45) is 5.92 Å². The number of aliphatic hydroxyl groups is 1. The van der Waals surface area contributed by atoms with Gasteiger partial charge in [0.15, 0.2) is 0 Å². The minimum absolute atomic E-state index is 0.219. The Labute approximate surface area is 130 Å². The first-order valence-corrected chi connectivity index (χ1v) is 7.83. The normalized spacial score (nSPS) is 22.4. The van der Waals surface area contributed by atoms with E-state index in [2.05, 4.69) is 11.8 Å². The van der Waals surface area contributed by atoms with Gasteiger partial charge in [-0.3, -0.25) is 4.90 Å². The van der Waals surface area contributed by atoms with Crippen LogP contribution in [0.1, 0.15) is 24.7 Å². The first-order chi connectivity index (χ1) is 10.6. The highest BCUT2D eigenvalue weighted by atomic mass is 19.1. The van der Waals surface area contributed by atoms with Crippen molar-refractivity contribution in [1.29, 1.82) is 0 Å². The number of furan rings is 1. The molecule has 1 fully saturated rings. The van der Waals surface area contributed by atoms with Gasteiger partial charge in [0.05, 0.1) is 12.6 Å². The molecule has 0 saturated carbocycles. The predicted octanol–water partition coefficient (Wildman–Crippen LogP) is 3.60. The third-order valence-electron chi connectivity index (χ3n) is 4.58. The Morgan fingerprint density at radius 2 is 2.09 bits per heavy atom. The fourth-order valence-corrected chi connectivity index (χ4v) is 3.17. The number of β-amino-alcohol motifs (C(OH)–C–C–N with tert-alkyl or cyclic N) is 1. The summed E-state index contributed by atoms with van der Waals surface area (Å²) in [5, 5.41) is 9.97. The lowest BCUT2D eigenvalue weighted by atomic mass is 10.0. The van der Waals surface area contributed by atoms with Crippen molar-refractivity contribution in [3.05, 3.63) is 47.5 Å². The van der Waals surface area contributed by atoms with Crippen molar-refractivity contribution in [2.75, 3.05) is 13.1 Å². The van der Waals surface area contributed by atoms with Crippen LogP contribution in [-0.4, -0.2) is 29.2 Å². The van der Waals surface area contributed by atoms with E-state index < -0.39 is 0 Å². The van der Waals surface area contributed by atoms with Crippen LogP contribution in [0.3, 0.4) is 0 Å². The molecule has 2 unspecified atom stereocenters. The van der Waals surface area contributed by atoms with Gasteiger partial charge in [0.25, 0.3) is 0 Å². The van der Waals surface area contributed by atoms with E-state index in [1.54, 1.807) is 13.0 Å². The number of aliphatic hydroxyl groups excluding tert-OH is 1. The second-order valence-corrected chi connectivity index (χ2v) is 6.11. The van der Waals surface area contributed by atoms with Crippen molar-refractivity contribution in [2.45, 2.75) is 32.9 Å². The molecule has 1 aromatic carbocycles. The van der Waals surface area contributed by atoms with Crippen molar-refractivity contribution >= 4 is 0 Å². The molecule has 1 aromatic heterocycles. The Bertz CT molecular complexity index is 652. The summed E-state index contributed by atoms with van der Waals surface area (Å²) >= 11 is 0. The van der Waals surface area contributed by atoms with Crippen LogP contribution in [0.15, 0.2) is 34.7 Å². The highest BCUT2D eigenvalue weighted by molar-refractivity contribution is 5.62. The van der Waals surface area contributed by atoms with Crippen LogP contribution in [0.5, 0.6) is 0 Å². The van der Waals surface area contributed by atoms with E-state index in [1.165, 1.54) is 6.07 Å². The highest BCUT2D eigenvalue weighted by Crippen LogP contribution is 2.28. The third kappa shape index (κ3) is 2.94. The molecule has 4 heteroatoms. The van der Waals surface area contributed by atoms with Gasteiger partial charge in [-0.05, 0) is 43.0 Å². The molecule has 3 rings (SSSR count). The van der Waals surface area contributed by atoms with Gasteiger partial charge in [0.2, 0.25) is 0 Å². The lowest BCUT2D eigenvalue weighted by Crippen LogP contribution is -2.21. The molecule has 0 aliphatic carbocycles. The minimum atomic E-state index is -0.245. The van der Waals surface area contributed by atoms with Crippen LogP contribution < -0.4 is 0 Å². The predicted molar refractivity (Wildman–Crippen MR) is 83.9 cm³/mol. The first kappa shape index (κ1) is 15.3. The molecule has 3 nitrogen and oxygen atoms in total. The molecule has 2 atom stereocenters. The number of likely N-dealkylation sites (tertiary alicyclic amines) is 1. The van der Waals surface area contributed by atoms with E-state index in [4.69, 9.17) is 4.42 Å². The summed E-state index contributed by atoms with van der Waals surface area (Å²) in [5.74, 6) is 1.67. The Morgan fingerprint density at radius 1 is 1.27 bits per heavy atom. The summed E-state index contributed by atoms with van der Waals surface area (Å²) in [5.41, 5.74) is 1.39. The number of hydrogen-bond acceptors (Lipinski definition) is 3. The minimum Gasteiger partial charge on any atom is -0.460 e. The zero-order valence-corrected chi connectivity index (χ0v) is 13.1. The maximum absolute atomic E-state index is 13.6. The van der Waals surface area contributed by atoms with Gasteiger partial charge in [-0.2, -0.15) is 0 Å². The second-order valence-electron chi connectivity index (χ2n) is 6.11. The quantitative estimate of drug-likeness (QED) is 0.937. The molecule has 1 aliphatic rings. The Morgan fingerprint density at radius 3 is 2.82 bits per heavy atom. The standard InChI is InChI=1S/C18H22FNO2/c1-3-13-9-20(11-17(13)21)10-14-7-8-18(22-14)15-5-4-6-16(19)12(15)2/h4-8,13,17,21H,3,9-11H2,1-2H3. The van der Waals surface area contributed by atoms with Gasteiger partial charge >= 0.3 is 0 Å². The molecular formula is C18H22FNO2. The molecule has 2 heterocycles. The van der Waals surface area contributed by atoms with Crippen LogP contribution in [0.25, 0.3) is 11.3 Å². The Kier molecular flexibility index (Phi) is 4.32. The molecule has 1 saturated heterocycles. The SMILES string of the molecule is CCC1CN(Cc2ccc(-c3cccc(F)c3C)o2)CC1O. The largest absolute Gasteiger partial charge is 0.460 e. The molecule has 2 aromatic rings. The number of hydrogen-bond donors (Lipinski definition) is 1. The molecule has 0 amide bonds. The van der Waals surface area contributed by atoms with Gasteiger partial charge in [0, 0.05) is 18.7 Å². The van der Waals surface area contributed by atoms with E-state index >= 15 is 0 Å². The second kappa shape index (κ2) is 6.23. The smallest absolute Gasteiger partial charge is 0.134 e. The summed E-state index contributed by atoms with van der Waals surface area (Å²) in [6.07, 6.45) is 0.744. The van der Waals surface area contributed by atoms with Gasteiger partial charge in [-0.15, -0.1) is 0 Å². The average Bonchev–Trinajstić information content (AvgIpc) is 3.09. The topological polar surface area (TPSA) is 36.6 Å². The summed E-state index contributed by atoms with van der Waals surface area (Å²) in [7, 11) is 0.